The second kappa shape index (κ2) is 8.09. The van der Waals surface area contributed by atoms with E-state index < -0.39 is 0 Å². The van der Waals surface area contributed by atoms with Crippen molar-refractivity contribution >= 4 is 5.91 Å². The highest BCUT2D eigenvalue weighted by Gasteiger charge is 2.28. The lowest BCUT2D eigenvalue weighted by molar-refractivity contribution is 0.0555. The van der Waals surface area contributed by atoms with Gasteiger partial charge >= 0.3 is 0 Å². The first kappa shape index (κ1) is 18.6. The summed E-state index contributed by atoms with van der Waals surface area (Å²) in [6.45, 7) is 4.84. The third-order valence-corrected chi connectivity index (χ3v) is 5.54. The molecule has 4 rings (SSSR count). The Labute approximate surface area is 166 Å². The molecule has 6 heteroatoms. The zero-order valence-electron chi connectivity index (χ0n) is 16.6. The maximum absolute atomic E-state index is 13.1. The summed E-state index contributed by atoms with van der Waals surface area (Å²) in [5, 5.41) is 0. The van der Waals surface area contributed by atoms with Gasteiger partial charge in [0.05, 0.1) is 23.5 Å². The summed E-state index contributed by atoms with van der Waals surface area (Å²) < 4.78 is 2.03. The number of aromatic nitrogens is 4. The molecule has 1 fully saturated rings. The molecule has 3 aliphatic rings. The maximum Gasteiger partial charge on any atom is 0.255 e. The predicted molar refractivity (Wildman–Crippen MR) is 108 cm³/mol. The number of carbonyl (C=O) groups excluding carboxylic acids is 1. The quantitative estimate of drug-likeness (QED) is 0.674. The van der Waals surface area contributed by atoms with E-state index in [1.165, 1.54) is 19.3 Å². The highest BCUT2D eigenvalue weighted by Crippen LogP contribution is 2.26. The molecule has 1 aromatic rings. The molecule has 0 aromatic carbocycles. The number of carbonyl (C=O) groups is 1. The zero-order chi connectivity index (χ0) is 19.5. The van der Waals surface area contributed by atoms with Crippen molar-refractivity contribution in [1.82, 2.24) is 24.4 Å². The van der Waals surface area contributed by atoms with Crippen LogP contribution in [0.5, 0.6) is 0 Å². The topological polar surface area (TPSA) is 63.9 Å². The van der Waals surface area contributed by atoms with E-state index >= 15 is 0 Å². The number of amides is 1. The molecule has 0 atom stereocenters. The summed E-state index contributed by atoms with van der Waals surface area (Å²) in [6.07, 6.45) is 13.2. The van der Waals surface area contributed by atoms with E-state index in [9.17, 15) is 4.79 Å². The Bertz CT molecular complexity index is 895. The van der Waals surface area contributed by atoms with Crippen LogP contribution in [0, 0.1) is 0 Å². The molecule has 1 aliphatic carbocycles. The van der Waals surface area contributed by atoms with Crippen molar-refractivity contribution < 1.29 is 4.79 Å². The molecule has 1 amide bonds. The molecule has 0 N–H and O–H groups in total. The second-order valence-electron chi connectivity index (χ2n) is 7.90. The predicted octanol–water partition coefficient (Wildman–Crippen LogP) is 4.01. The third kappa shape index (κ3) is 3.91. The molecule has 0 spiro atoms. The highest BCUT2D eigenvalue weighted by molar-refractivity contribution is 5.94. The van der Waals surface area contributed by atoms with E-state index in [1.54, 1.807) is 12.5 Å². The van der Waals surface area contributed by atoms with Crippen LogP contribution in [0.25, 0.3) is 11.4 Å². The molecular weight excluding hydrogens is 350 g/mol. The van der Waals surface area contributed by atoms with Gasteiger partial charge in [0.2, 0.25) is 0 Å². The van der Waals surface area contributed by atoms with Crippen LogP contribution in [-0.4, -0.2) is 42.4 Å². The first-order valence-electron chi connectivity index (χ1n) is 10.2. The maximum atomic E-state index is 13.1. The van der Waals surface area contributed by atoms with Gasteiger partial charge in [0, 0.05) is 30.7 Å². The average molecular weight is 377 g/mol. The molecule has 0 bridgehead atoms. The van der Waals surface area contributed by atoms with Crippen molar-refractivity contribution in [2.45, 2.75) is 64.6 Å². The Hall–Kier alpha value is -2.76. The van der Waals surface area contributed by atoms with Crippen molar-refractivity contribution in [3.05, 3.63) is 54.4 Å². The smallest absolute Gasteiger partial charge is 0.255 e. The average Bonchev–Trinajstić information content (AvgIpc) is 3.17. The number of rotatable bonds is 5. The summed E-state index contributed by atoms with van der Waals surface area (Å²) in [7, 11) is 0. The van der Waals surface area contributed by atoms with E-state index in [2.05, 4.69) is 33.7 Å². The summed E-state index contributed by atoms with van der Waals surface area (Å²) in [6, 6.07) is 6.35. The fraction of sp³-hybridized carbons (Fsp3) is 0.455. The van der Waals surface area contributed by atoms with Crippen molar-refractivity contribution in [3.8, 4) is 11.4 Å². The molecule has 0 unspecified atom stereocenters. The van der Waals surface area contributed by atoms with Gasteiger partial charge in [-0.05, 0) is 44.9 Å². The lowest BCUT2D eigenvalue weighted by atomic mass is 9.93. The van der Waals surface area contributed by atoms with Crippen molar-refractivity contribution in [3.63, 3.8) is 0 Å². The van der Waals surface area contributed by atoms with Crippen LogP contribution in [0.4, 0.5) is 0 Å². The van der Waals surface area contributed by atoms with Gasteiger partial charge in [-0.3, -0.25) is 9.78 Å². The molecule has 6 nitrogen and oxygen atoms in total. The Balaban J connectivity index is 1.48. The largest absolute Gasteiger partial charge is 0.346 e. The van der Waals surface area contributed by atoms with Gasteiger partial charge in [0.1, 0.15) is 12.0 Å². The minimum Gasteiger partial charge on any atom is -0.346 e. The van der Waals surface area contributed by atoms with Gasteiger partial charge in [-0.25, -0.2) is 9.97 Å². The summed E-state index contributed by atoms with van der Waals surface area (Å²) in [5.41, 5.74) is 3.34. The van der Waals surface area contributed by atoms with E-state index in [4.69, 9.17) is 0 Å². The fourth-order valence-electron chi connectivity index (χ4n) is 4.14. The number of fused-ring (bicyclic) bond motifs is 1. The minimum absolute atomic E-state index is 0.0992. The molecule has 1 aromatic heterocycles. The first-order chi connectivity index (χ1) is 13.6. The molecular formula is C22H27N5O. The molecule has 28 heavy (non-hydrogen) atoms. The standard InChI is InChI=1S/C22H27N5O/c1-16(2)27(19-6-4-3-5-7-19)22(28)17-8-9-18(23-12-17)13-26-11-10-20-21(14-26)25-15-24-20/h8-12,14-16,19H,3-7,13H2,1-2H3. The zero-order valence-corrected chi connectivity index (χ0v) is 16.6. The van der Waals surface area contributed by atoms with Gasteiger partial charge in [-0.1, -0.05) is 19.3 Å². The van der Waals surface area contributed by atoms with E-state index in [0.717, 1.165) is 29.9 Å². The van der Waals surface area contributed by atoms with E-state index in [0.29, 0.717) is 18.2 Å². The summed E-state index contributed by atoms with van der Waals surface area (Å²) in [4.78, 5) is 28.2. The molecule has 3 heterocycles. The first-order valence-corrected chi connectivity index (χ1v) is 10.2. The van der Waals surface area contributed by atoms with Crippen LogP contribution in [-0.2, 0) is 6.54 Å². The summed E-state index contributed by atoms with van der Waals surface area (Å²) in [5.74, 6) is 0.0992. The van der Waals surface area contributed by atoms with Gasteiger partial charge in [-0.2, -0.15) is 0 Å². The van der Waals surface area contributed by atoms with Crippen LogP contribution in [0.2, 0.25) is 0 Å². The Morgan fingerprint density at radius 3 is 2.61 bits per heavy atom. The Morgan fingerprint density at radius 1 is 1.11 bits per heavy atom. The Morgan fingerprint density at radius 2 is 1.89 bits per heavy atom. The number of hydrogen-bond donors (Lipinski definition) is 0. The van der Waals surface area contributed by atoms with Crippen LogP contribution in [0.1, 0.15) is 62.0 Å². The van der Waals surface area contributed by atoms with Gasteiger partial charge in [0.25, 0.3) is 5.91 Å². The van der Waals surface area contributed by atoms with Crippen molar-refractivity contribution in [2.24, 2.45) is 0 Å². The lowest BCUT2D eigenvalue weighted by Gasteiger charge is -2.37. The van der Waals surface area contributed by atoms with Crippen molar-refractivity contribution in [2.75, 3.05) is 0 Å². The monoisotopic (exact) mass is 377 g/mol. The van der Waals surface area contributed by atoms with Crippen molar-refractivity contribution in [1.29, 1.82) is 0 Å². The minimum atomic E-state index is 0.0992. The number of hydrogen-bond acceptors (Lipinski definition) is 4. The molecule has 1 saturated carbocycles. The number of pyridine rings is 2. The lowest BCUT2D eigenvalue weighted by Crippen LogP contribution is -2.45. The Kier molecular flexibility index (Phi) is 5.37. The van der Waals surface area contributed by atoms with Gasteiger partial charge in [-0.15, -0.1) is 0 Å². The molecule has 0 saturated heterocycles. The highest BCUT2D eigenvalue weighted by atomic mass is 16.2. The number of nitrogens with zero attached hydrogens (tertiary/aromatic N) is 5. The van der Waals surface area contributed by atoms with Crippen LogP contribution in [0.3, 0.4) is 0 Å². The summed E-state index contributed by atoms with van der Waals surface area (Å²) >= 11 is 0. The molecule has 146 valence electrons. The number of imidazole rings is 1. The fourth-order valence-corrected chi connectivity index (χ4v) is 4.14. The van der Waals surface area contributed by atoms with E-state index in [-0.39, 0.29) is 11.9 Å². The van der Waals surface area contributed by atoms with Gasteiger partial charge < -0.3 is 9.47 Å². The van der Waals surface area contributed by atoms with Crippen LogP contribution < -0.4 is 0 Å². The van der Waals surface area contributed by atoms with E-state index in [1.807, 2.05) is 35.2 Å². The molecule has 2 aliphatic heterocycles. The SMILES string of the molecule is CC(C)N(C(=O)c1ccc(Cn2ccc3ncnc-3c2)nc1)C1CCCCC1. The normalized spacial score (nSPS) is 15.2. The molecule has 0 radical (unpaired) electrons. The van der Waals surface area contributed by atoms with Gasteiger partial charge in [0.15, 0.2) is 0 Å². The third-order valence-electron chi connectivity index (χ3n) is 5.54. The second-order valence-corrected chi connectivity index (χ2v) is 7.90. The van der Waals surface area contributed by atoms with Crippen LogP contribution >= 0.6 is 0 Å². The van der Waals surface area contributed by atoms with Crippen LogP contribution in [0.15, 0.2) is 43.1 Å².